The van der Waals surface area contributed by atoms with Gasteiger partial charge in [0.1, 0.15) is 16.9 Å². The highest BCUT2D eigenvalue weighted by molar-refractivity contribution is 5.93. The van der Waals surface area contributed by atoms with Crippen molar-refractivity contribution in [3.05, 3.63) is 54.3 Å². The number of pyridine rings is 1. The van der Waals surface area contributed by atoms with Crippen LogP contribution in [0.1, 0.15) is 30.2 Å². The molecule has 1 aromatic carbocycles. The van der Waals surface area contributed by atoms with E-state index in [1.54, 1.807) is 6.20 Å². The molecule has 29 heavy (non-hydrogen) atoms. The largest absolute Gasteiger partial charge is 0.441 e. The Hall–Kier alpha value is -3.19. The molecule has 7 heteroatoms. The molecule has 0 N–H and O–H groups in total. The van der Waals surface area contributed by atoms with E-state index in [0.29, 0.717) is 31.3 Å². The molecule has 3 aromatic heterocycles. The zero-order valence-corrected chi connectivity index (χ0v) is 16.7. The second-order valence-corrected chi connectivity index (χ2v) is 8.04. The second kappa shape index (κ2) is 6.42. The molecule has 4 aromatic rings. The Morgan fingerprint density at radius 2 is 2.00 bits per heavy atom. The van der Waals surface area contributed by atoms with E-state index in [-0.39, 0.29) is 11.5 Å². The number of morpholine rings is 1. The molecule has 0 bridgehead atoms. The summed E-state index contributed by atoms with van der Waals surface area (Å²) < 4.78 is 13.2. The smallest absolute Gasteiger partial charge is 0.272 e. The highest BCUT2D eigenvalue weighted by Crippen LogP contribution is 2.26. The van der Waals surface area contributed by atoms with Crippen molar-refractivity contribution in [2.24, 2.45) is 0 Å². The van der Waals surface area contributed by atoms with Gasteiger partial charge in [0.15, 0.2) is 11.5 Å². The van der Waals surface area contributed by atoms with Crippen LogP contribution in [0.15, 0.2) is 47.1 Å². The zero-order chi connectivity index (χ0) is 20.2. The first kappa shape index (κ1) is 17.9. The van der Waals surface area contributed by atoms with Crippen LogP contribution < -0.4 is 0 Å². The molecular formula is C22H22N4O3. The van der Waals surface area contributed by atoms with E-state index in [9.17, 15) is 4.79 Å². The Kier molecular flexibility index (Phi) is 3.96. The fourth-order valence-electron chi connectivity index (χ4n) is 3.88. The van der Waals surface area contributed by atoms with Crippen molar-refractivity contribution >= 4 is 22.7 Å². The Balaban J connectivity index is 1.53. The van der Waals surface area contributed by atoms with Crippen LogP contribution >= 0.6 is 0 Å². The van der Waals surface area contributed by atoms with Gasteiger partial charge in [-0.3, -0.25) is 9.20 Å². The highest BCUT2D eigenvalue weighted by Gasteiger charge is 2.31. The Bertz CT molecular complexity index is 1240. The third-order valence-corrected chi connectivity index (χ3v) is 5.27. The summed E-state index contributed by atoms with van der Waals surface area (Å²) in [5.41, 5.74) is 4.52. The van der Waals surface area contributed by atoms with Gasteiger partial charge < -0.3 is 14.1 Å². The van der Waals surface area contributed by atoms with Gasteiger partial charge in [-0.25, -0.2) is 9.97 Å². The number of hydrogen-bond donors (Lipinski definition) is 0. The number of imidazole rings is 1. The average molecular weight is 390 g/mol. The van der Waals surface area contributed by atoms with Crippen LogP contribution in [0.25, 0.3) is 27.9 Å². The maximum Gasteiger partial charge on any atom is 0.272 e. The number of carbonyl (C=O) groups excluding carboxylic acids is 1. The average Bonchev–Trinajstić information content (AvgIpc) is 3.27. The Morgan fingerprint density at radius 1 is 1.17 bits per heavy atom. The lowest BCUT2D eigenvalue weighted by atomic mass is 10.1. The number of nitrogens with zero attached hydrogens (tertiary/aromatic N) is 4. The molecule has 0 unspecified atom stereocenters. The zero-order valence-electron chi connectivity index (χ0n) is 16.7. The summed E-state index contributed by atoms with van der Waals surface area (Å²) >= 11 is 0. The third-order valence-electron chi connectivity index (χ3n) is 5.27. The van der Waals surface area contributed by atoms with Crippen LogP contribution in [0.3, 0.4) is 0 Å². The number of hydrogen-bond acceptors (Lipinski definition) is 5. The minimum atomic E-state index is -0.343. The molecule has 1 saturated heterocycles. The molecule has 1 aliphatic rings. The quantitative estimate of drug-likeness (QED) is 0.522. The number of benzene rings is 1. The third kappa shape index (κ3) is 3.17. The summed E-state index contributed by atoms with van der Waals surface area (Å²) in [4.78, 5) is 23.8. The highest BCUT2D eigenvalue weighted by atomic mass is 16.5. The van der Waals surface area contributed by atoms with Crippen molar-refractivity contribution in [2.45, 2.75) is 26.4 Å². The number of aromatic nitrogens is 3. The first-order chi connectivity index (χ1) is 13.9. The van der Waals surface area contributed by atoms with Crippen LogP contribution in [-0.4, -0.2) is 50.5 Å². The van der Waals surface area contributed by atoms with E-state index in [4.69, 9.17) is 9.15 Å². The fraction of sp³-hybridized carbons (Fsp3) is 0.318. The van der Waals surface area contributed by atoms with Crippen molar-refractivity contribution in [3.8, 4) is 11.1 Å². The number of oxazole rings is 1. The van der Waals surface area contributed by atoms with Crippen molar-refractivity contribution in [1.29, 1.82) is 0 Å². The van der Waals surface area contributed by atoms with Crippen LogP contribution in [0.2, 0.25) is 0 Å². The van der Waals surface area contributed by atoms with Gasteiger partial charge in [0.25, 0.3) is 5.91 Å². The van der Waals surface area contributed by atoms with Gasteiger partial charge in [-0.1, -0.05) is 6.07 Å². The second-order valence-electron chi connectivity index (χ2n) is 8.04. The maximum atomic E-state index is 13.2. The minimum absolute atomic E-state index is 0.0337. The van der Waals surface area contributed by atoms with Crippen LogP contribution in [0, 0.1) is 6.92 Å². The number of ether oxygens (including phenoxy) is 1. The molecule has 4 heterocycles. The number of fused-ring (bicyclic) bond motifs is 2. The van der Waals surface area contributed by atoms with Gasteiger partial charge in [-0.15, -0.1) is 0 Å². The first-order valence-corrected chi connectivity index (χ1v) is 9.68. The van der Waals surface area contributed by atoms with Gasteiger partial charge in [0, 0.05) is 26.2 Å². The molecule has 5 rings (SSSR count). The molecule has 0 radical (unpaired) electrons. The van der Waals surface area contributed by atoms with E-state index in [1.165, 1.54) is 0 Å². The van der Waals surface area contributed by atoms with Crippen molar-refractivity contribution in [1.82, 2.24) is 19.3 Å². The van der Waals surface area contributed by atoms with Gasteiger partial charge in [-0.05, 0) is 49.2 Å². The Morgan fingerprint density at radius 3 is 2.83 bits per heavy atom. The molecule has 0 spiro atoms. The summed E-state index contributed by atoms with van der Waals surface area (Å²) in [7, 11) is 0. The fourth-order valence-corrected chi connectivity index (χ4v) is 3.88. The van der Waals surface area contributed by atoms with E-state index in [2.05, 4.69) is 9.97 Å². The Labute approximate surface area is 167 Å². The van der Waals surface area contributed by atoms with Gasteiger partial charge in [0.05, 0.1) is 18.4 Å². The molecule has 1 amide bonds. The molecule has 1 aliphatic heterocycles. The van der Waals surface area contributed by atoms with Crippen molar-refractivity contribution in [2.75, 3.05) is 19.7 Å². The van der Waals surface area contributed by atoms with Crippen LogP contribution in [0.5, 0.6) is 0 Å². The lowest BCUT2D eigenvalue weighted by Gasteiger charge is -2.38. The monoisotopic (exact) mass is 390 g/mol. The van der Waals surface area contributed by atoms with Gasteiger partial charge in [0.2, 0.25) is 0 Å². The summed E-state index contributed by atoms with van der Waals surface area (Å²) in [6.45, 7) is 7.51. The molecule has 0 saturated carbocycles. The van der Waals surface area contributed by atoms with E-state index in [0.717, 1.165) is 27.9 Å². The van der Waals surface area contributed by atoms with Crippen molar-refractivity contribution < 1.29 is 13.9 Å². The molecule has 0 aliphatic carbocycles. The molecule has 7 nitrogen and oxygen atoms in total. The standard InChI is InChI=1S/C22H22N4O3/c1-14-24-17-10-15(4-6-19(17)29-14)16-5-7-20-23-11-18(26(20)12-16)21(27)25-8-9-28-22(2,3)13-25/h4-7,10-12H,8-9,13H2,1-3H3. The molecular weight excluding hydrogens is 368 g/mol. The topological polar surface area (TPSA) is 72.9 Å². The van der Waals surface area contributed by atoms with Crippen molar-refractivity contribution in [3.63, 3.8) is 0 Å². The summed E-state index contributed by atoms with van der Waals surface area (Å²) in [6.07, 6.45) is 3.60. The lowest BCUT2D eigenvalue weighted by molar-refractivity contribution is -0.0765. The molecule has 0 atom stereocenters. The molecule has 1 fully saturated rings. The van der Waals surface area contributed by atoms with Gasteiger partial charge >= 0.3 is 0 Å². The van der Waals surface area contributed by atoms with Crippen LogP contribution in [0.4, 0.5) is 0 Å². The number of rotatable bonds is 2. The lowest BCUT2D eigenvalue weighted by Crippen LogP contribution is -2.50. The molecule has 148 valence electrons. The predicted octanol–water partition coefficient (Wildman–Crippen LogP) is 3.70. The van der Waals surface area contributed by atoms with E-state index < -0.39 is 0 Å². The number of aryl methyl sites for hydroxylation is 1. The van der Waals surface area contributed by atoms with E-state index in [1.807, 2.05) is 66.6 Å². The summed E-state index contributed by atoms with van der Waals surface area (Å²) in [5.74, 6) is 0.608. The SMILES string of the molecule is Cc1nc2cc(-c3ccc4ncc(C(=O)N5CCOC(C)(C)C5)n4c3)ccc2o1. The van der Waals surface area contributed by atoms with E-state index >= 15 is 0 Å². The number of carbonyl (C=O) groups is 1. The van der Waals surface area contributed by atoms with Crippen LogP contribution in [-0.2, 0) is 4.74 Å². The summed E-state index contributed by atoms with van der Waals surface area (Å²) in [5, 5.41) is 0. The first-order valence-electron chi connectivity index (χ1n) is 9.68. The minimum Gasteiger partial charge on any atom is -0.441 e. The number of amides is 1. The summed E-state index contributed by atoms with van der Waals surface area (Å²) in [6, 6.07) is 9.84. The van der Waals surface area contributed by atoms with Gasteiger partial charge in [-0.2, -0.15) is 0 Å². The normalized spacial score (nSPS) is 16.6. The maximum absolute atomic E-state index is 13.2. The predicted molar refractivity (Wildman–Crippen MR) is 109 cm³/mol.